The second-order valence-electron chi connectivity index (χ2n) is 7.11. The molecule has 2 heterocycles. The van der Waals surface area contributed by atoms with E-state index in [1.807, 2.05) is 0 Å². The quantitative estimate of drug-likeness (QED) is 0.811. The molecule has 2 saturated heterocycles. The number of hydrogen-bond donors (Lipinski definition) is 1. The van der Waals surface area contributed by atoms with E-state index in [9.17, 15) is 4.79 Å². The van der Waals surface area contributed by atoms with Crippen molar-refractivity contribution in [3.8, 4) is 0 Å². The van der Waals surface area contributed by atoms with Gasteiger partial charge in [0.15, 0.2) is 0 Å². The van der Waals surface area contributed by atoms with Crippen LogP contribution in [0.3, 0.4) is 0 Å². The zero-order valence-corrected chi connectivity index (χ0v) is 13.4. The van der Waals surface area contributed by atoms with Gasteiger partial charge in [-0.2, -0.15) is 0 Å². The summed E-state index contributed by atoms with van der Waals surface area (Å²) in [5, 5.41) is 3.41. The number of likely N-dealkylation sites (tertiary alicyclic amines) is 1. The molecule has 1 saturated carbocycles. The Morgan fingerprint density at radius 2 is 1.81 bits per heavy atom. The minimum absolute atomic E-state index is 0.0298. The molecule has 4 nitrogen and oxygen atoms in total. The number of nitrogens with one attached hydrogen (secondary N) is 1. The van der Waals surface area contributed by atoms with Gasteiger partial charge in [-0.25, -0.2) is 0 Å². The number of nitrogens with zero attached hydrogens (tertiary/aromatic N) is 1. The number of rotatable bonds is 3. The number of esters is 1. The number of piperidine rings is 1. The van der Waals surface area contributed by atoms with E-state index in [-0.39, 0.29) is 18.1 Å². The fraction of sp³-hybridized carbons (Fsp3) is 0.941. The van der Waals surface area contributed by atoms with Gasteiger partial charge in [0.1, 0.15) is 12.1 Å². The van der Waals surface area contributed by atoms with Gasteiger partial charge in [-0.3, -0.25) is 9.69 Å². The highest BCUT2D eigenvalue weighted by molar-refractivity contribution is 5.76. The Bertz CT molecular complexity index is 355. The van der Waals surface area contributed by atoms with Crippen molar-refractivity contribution < 1.29 is 9.53 Å². The Kier molecular flexibility index (Phi) is 5.17. The summed E-state index contributed by atoms with van der Waals surface area (Å²) in [4.78, 5) is 15.1. The van der Waals surface area contributed by atoms with Crippen LogP contribution in [0.25, 0.3) is 0 Å². The molecule has 3 rings (SSSR count). The van der Waals surface area contributed by atoms with Gasteiger partial charge in [0.2, 0.25) is 0 Å². The van der Waals surface area contributed by atoms with Gasteiger partial charge in [0.05, 0.1) is 0 Å². The molecule has 3 atom stereocenters. The Balaban J connectivity index is 1.57. The molecule has 0 amide bonds. The van der Waals surface area contributed by atoms with Crippen LogP contribution in [0, 0.1) is 5.92 Å². The molecule has 3 unspecified atom stereocenters. The molecular formula is C17H30N2O2. The average molecular weight is 294 g/mol. The van der Waals surface area contributed by atoms with Gasteiger partial charge in [-0.05, 0) is 70.5 Å². The van der Waals surface area contributed by atoms with Crippen molar-refractivity contribution in [3.05, 3.63) is 0 Å². The van der Waals surface area contributed by atoms with Crippen molar-refractivity contribution in [2.24, 2.45) is 5.92 Å². The van der Waals surface area contributed by atoms with Crippen LogP contribution in [0.15, 0.2) is 0 Å². The van der Waals surface area contributed by atoms with Crippen LogP contribution in [-0.4, -0.2) is 48.7 Å². The molecule has 0 spiro atoms. The lowest BCUT2D eigenvalue weighted by Crippen LogP contribution is -2.49. The molecule has 21 heavy (non-hydrogen) atoms. The largest absolute Gasteiger partial charge is 0.461 e. The monoisotopic (exact) mass is 294 g/mol. The number of hydrogen-bond acceptors (Lipinski definition) is 4. The molecule has 1 aliphatic carbocycles. The van der Waals surface area contributed by atoms with Gasteiger partial charge in [-0.1, -0.05) is 13.3 Å². The van der Waals surface area contributed by atoms with Crippen molar-refractivity contribution in [1.29, 1.82) is 0 Å². The summed E-state index contributed by atoms with van der Waals surface area (Å²) in [5.74, 6) is 0.598. The topological polar surface area (TPSA) is 41.6 Å². The van der Waals surface area contributed by atoms with Gasteiger partial charge >= 0.3 is 5.97 Å². The van der Waals surface area contributed by atoms with E-state index in [1.54, 1.807) is 0 Å². The Morgan fingerprint density at radius 1 is 1.05 bits per heavy atom. The molecule has 3 fully saturated rings. The molecule has 0 aromatic rings. The first kappa shape index (κ1) is 15.3. The van der Waals surface area contributed by atoms with E-state index in [0.717, 1.165) is 38.9 Å². The highest BCUT2D eigenvalue weighted by Crippen LogP contribution is 2.29. The minimum atomic E-state index is 0.0298. The third-order valence-electron chi connectivity index (χ3n) is 5.64. The maximum absolute atomic E-state index is 12.6. The number of carbonyl (C=O) groups is 1. The number of ether oxygens (including phenoxy) is 1. The van der Waals surface area contributed by atoms with Crippen molar-refractivity contribution in [1.82, 2.24) is 10.2 Å². The lowest BCUT2D eigenvalue weighted by Gasteiger charge is -2.36. The normalized spacial score (nSPS) is 35.8. The lowest BCUT2D eigenvalue weighted by atomic mass is 9.88. The fourth-order valence-electron chi connectivity index (χ4n) is 4.30. The van der Waals surface area contributed by atoms with Crippen molar-refractivity contribution >= 4 is 5.97 Å². The van der Waals surface area contributed by atoms with E-state index >= 15 is 0 Å². The molecule has 3 aliphatic rings. The summed E-state index contributed by atoms with van der Waals surface area (Å²) in [7, 11) is 0. The van der Waals surface area contributed by atoms with Crippen molar-refractivity contribution in [2.45, 2.75) is 76.5 Å². The summed E-state index contributed by atoms with van der Waals surface area (Å²) < 4.78 is 5.91. The maximum Gasteiger partial charge on any atom is 0.323 e. The zero-order chi connectivity index (χ0) is 14.7. The van der Waals surface area contributed by atoms with Crippen LogP contribution in [0.5, 0.6) is 0 Å². The maximum atomic E-state index is 12.6. The van der Waals surface area contributed by atoms with Crippen LogP contribution < -0.4 is 5.32 Å². The van der Waals surface area contributed by atoms with E-state index in [0.29, 0.717) is 12.0 Å². The highest BCUT2D eigenvalue weighted by Gasteiger charge is 2.38. The minimum Gasteiger partial charge on any atom is -0.461 e. The Hall–Kier alpha value is -0.610. The van der Waals surface area contributed by atoms with Gasteiger partial charge in [0.25, 0.3) is 0 Å². The average Bonchev–Trinajstić information content (AvgIpc) is 3.00. The standard InChI is InChI=1S/C17H30N2O2/c1-13-5-2-3-7-16(13)21-17(20)15-6-4-12-19(15)14-8-10-18-11-9-14/h13-16,18H,2-12H2,1H3. The molecule has 1 N–H and O–H groups in total. The van der Waals surface area contributed by atoms with E-state index in [1.165, 1.54) is 32.1 Å². The lowest BCUT2D eigenvalue weighted by molar-refractivity contribution is -0.159. The number of carbonyl (C=O) groups excluding carboxylic acids is 1. The summed E-state index contributed by atoms with van der Waals surface area (Å²) in [5.41, 5.74) is 0. The molecule has 0 bridgehead atoms. The summed E-state index contributed by atoms with van der Waals surface area (Å²) in [6.45, 7) is 5.48. The summed E-state index contributed by atoms with van der Waals surface area (Å²) >= 11 is 0. The smallest absolute Gasteiger partial charge is 0.323 e. The first-order valence-electron chi connectivity index (χ1n) is 8.92. The van der Waals surface area contributed by atoms with Crippen LogP contribution in [0.4, 0.5) is 0 Å². The second kappa shape index (κ2) is 7.10. The third kappa shape index (κ3) is 3.59. The summed E-state index contributed by atoms with van der Waals surface area (Å²) in [6, 6.07) is 0.609. The van der Waals surface area contributed by atoms with E-state index in [2.05, 4.69) is 17.1 Å². The van der Waals surface area contributed by atoms with Crippen LogP contribution >= 0.6 is 0 Å². The molecule has 0 radical (unpaired) electrons. The van der Waals surface area contributed by atoms with Crippen molar-refractivity contribution in [2.75, 3.05) is 19.6 Å². The summed E-state index contributed by atoms with van der Waals surface area (Å²) in [6.07, 6.45) is 9.42. The first-order valence-corrected chi connectivity index (χ1v) is 8.92. The second-order valence-corrected chi connectivity index (χ2v) is 7.11. The van der Waals surface area contributed by atoms with Gasteiger partial charge in [-0.15, -0.1) is 0 Å². The van der Waals surface area contributed by atoms with Crippen LogP contribution in [0.2, 0.25) is 0 Å². The Morgan fingerprint density at radius 3 is 2.57 bits per heavy atom. The Labute approximate surface area is 128 Å². The third-order valence-corrected chi connectivity index (χ3v) is 5.64. The first-order chi connectivity index (χ1) is 10.3. The molecule has 0 aromatic heterocycles. The molecular weight excluding hydrogens is 264 g/mol. The molecule has 2 aliphatic heterocycles. The van der Waals surface area contributed by atoms with E-state index in [4.69, 9.17) is 4.74 Å². The van der Waals surface area contributed by atoms with Crippen molar-refractivity contribution in [3.63, 3.8) is 0 Å². The zero-order valence-electron chi connectivity index (χ0n) is 13.4. The molecule has 120 valence electrons. The highest BCUT2D eigenvalue weighted by atomic mass is 16.5. The van der Waals surface area contributed by atoms with Crippen LogP contribution in [0.1, 0.15) is 58.3 Å². The van der Waals surface area contributed by atoms with Gasteiger partial charge in [0, 0.05) is 6.04 Å². The molecule has 4 heteroatoms. The van der Waals surface area contributed by atoms with Crippen LogP contribution in [-0.2, 0) is 9.53 Å². The molecule has 0 aromatic carbocycles. The van der Waals surface area contributed by atoms with Gasteiger partial charge < -0.3 is 10.1 Å². The predicted octanol–water partition coefficient (Wildman–Crippen LogP) is 2.32. The fourth-order valence-corrected chi connectivity index (χ4v) is 4.30. The van der Waals surface area contributed by atoms with E-state index < -0.39 is 0 Å². The predicted molar refractivity (Wildman–Crippen MR) is 83.1 cm³/mol. The SMILES string of the molecule is CC1CCCCC1OC(=O)C1CCCN1C1CCNCC1.